The van der Waals surface area contributed by atoms with Crippen molar-refractivity contribution >= 4 is 5.91 Å². The van der Waals surface area contributed by atoms with E-state index in [1.54, 1.807) is 0 Å². The van der Waals surface area contributed by atoms with Gasteiger partial charge in [-0.25, -0.2) is 0 Å². The molecule has 3 fully saturated rings. The third-order valence-electron chi connectivity index (χ3n) is 5.44. The van der Waals surface area contributed by atoms with E-state index in [2.05, 4.69) is 26.9 Å². The number of nitrogens with one attached hydrogen (secondary N) is 1. The normalized spacial score (nSPS) is 30.5. The molecule has 0 bridgehead atoms. The summed E-state index contributed by atoms with van der Waals surface area (Å²) < 4.78 is 0. The molecule has 1 amide bonds. The number of carbonyl (C=O) groups excluding carboxylic acids is 1. The summed E-state index contributed by atoms with van der Waals surface area (Å²) in [4.78, 5) is 19.8. The van der Waals surface area contributed by atoms with Gasteiger partial charge in [0.05, 0.1) is 6.04 Å². The highest BCUT2D eigenvalue weighted by Gasteiger charge is 2.34. The van der Waals surface area contributed by atoms with Crippen molar-refractivity contribution in [2.24, 2.45) is 0 Å². The van der Waals surface area contributed by atoms with E-state index >= 15 is 0 Å². The molecule has 3 aliphatic rings. The predicted octanol–water partition coefficient (Wildman–Crippen LogP) is 0.367. The van der Waals surface area contributed by atoms with E-state index in [0.717, 1.165) is 39.3 Å². The SMILES string of the molecule is CC(C(=O)N1CCC(N2CCCCC2)C1)N1CCNCC1. The first-order valence-corrected chi connectivity index (χ1v) is 8.73. The Morgan fingerprint density at radius 1 is 1.05 bits per heavy atom. The number of piperazine rings is 1. The topological polar surface area (TPSA) is 38.8 Å². The molecule has 0 aromatic rings. The van der Waals surface area contributed by atoms with Gasteiger partial charge in [0.1, 0.15) is 0 Å². The quantitative estimate of drug-likeness (QED) is 0.816. The maximum absolute atomic E-state index is 12.7. The van der Waals surface area contributed by atoms with Gasteiger partial charge < -0.3 is 10.2 Å². The zero-order valence-electron chi connectivity index (χ0n) is 13.4. The number of rotatable bonds is 3. The zero-order valence-corrected chi connectivity index (χ0v) is 13.4. The lowest BCUT2D eigenvalue weighted by Crippen LogP contribution is -2.53. The van der Waals surface area contributed by atoms with Crippen molar-refractivity contribution in [1.29, 1.82) is 0 Å². The van der Waals surface area contributed by atoms with Gasteiger partial charge in [-0.15, -0.1) is 0 Å². The predicted molar refractivity (Wildman–Crippen MR) is 84.3 cm³/mol. The van der Waals surface area contributed by atoms with E-state index in [1.807, 2.05) is 0 Å². The lowest BCUT2D eigenvalue weighted by atomic mass is 10.1. The molecule has 0 aliphatic carbocycles. The number of amides is 1. The van der Waals surface area contributed by atoms with Crippen molar-refractivity contribution in [2.45, 2.75) is 44.7 Å². The largest absolute Gasteiger partial charge is 0.340 e. The number of likely N-dealkylation sites (tertiary alicyclic amines) is 2. The second-order valence-electron chi connectivity index (χ2n) is 6.79. The molecule has 0 aromatic carbocycles. The molecule has 3 rings (SSSR count). The van der Waals surface area contributed by atoms with Gasteiger partial charge in [0.25, 0.3) is 0 Å². The second-order valence-corrected chi connectivity index (χ2v) is 6.79. The van der Waals surface area contributed by atoms with Gasteiger partial charge in [-0.05, 0) is 39.3 Å². The summed E-state index contributed by atoms with van der Waals surface area (Å²) in [6.45, 7) is 10.5. The van der Waals surface area contributed by atoms with E-state index in [4.69, 9.17) is 0 Å². The molecule has 0 radical (unpaired) electrons. The van der Waals surface area contributed by atoms with E-state index in [1.165, 1.54) is 38.8 Å². The number of hydrogen-bond donors (Lipinski definition) is 1. The van der Waals surface area contributed by atoms with Crippen molar-refractivity contribution in [3.05, 3.63) is 0 Å². The molecule has 3 heterocycles. The van der Waals surface area contributed by atoms with Crippen LogP contribution in [-0.2, 0) is 4.79 Å². The maximum atomic E-state index is 12.7. The molecule has 3 aliphatic heterocycles. The van der Waals surface area contributed by atoms with Gasteiger partial charge in [0.15, 0.2) is 0 Å². The Morgan fingerprint density at radius 2 is 1.76 bits per heavy atom. The number of carbonyl (C=O) groups is 1. The van der Waals surface area contributed by atoms with Crippen LogP contribution in [0.5, 0.6) is 0 Å². The van der Waals surface area contributed by atoms with Crippen molar-refractivity contribution in [2.75, 3.05) is 52.4 Å². The standard InChI is InChI=1S/C16H30N4O/c1-14(18-11-6-17-7-12-18)16(21)20-10-5-15(13-20)19-8-3-2-4-9-19/h14-15,17H,2-13H2,1H3. The van der Waals surface area contributed by atoms with Crippen LogP contribution in [0.25, 0.3) is 0 Å². The van der Waals surface area contributed by atoms with Crippen molar-refractivity contribution < 1.29 is 4.79 Å². The fraction of sp³-hybridized carbons (Fsp3) is 0.938. The van der Waals surface area contributed by atoms with Gasteiger partial charge in [0, 0.05) is 45.3 Å². The summed E-state index contributed by atoms with van der Waals surface area (Å²) in [5.41, 5.74) is 0. The molecular weight excluding hydrogens is 264 g/mol. The van der Waals surface area contributed by atoms with Crippen LogP contribution < -0.4 is 5.32 Å². The van der Waals surface area contributed by atoms with Gasteiger partial charge in [-0.1, -0.05) is 6.42 Å². The van der Waals surface area contributed by atoms with Crippen molar-refractivity contribution in [3.8, 4) is 0 Å². The molecule has 120 valence electrons. The Balaban J connectivity index is 1.51. The van der Waals surface area contributed by atoms with Crippen LogP contribution in [-0.4, -0.2) is 85.0 Å². The van der Waals surface area contributed by atoms with Crippen molar-refractivity contribution in [1.82, 2.24) is 20.0 Å². The summed E-state index contributed by atoms with van der Waals surface area (Å²) in [7, 11) is 0. The zero-order chi connectivity index (χ0) is 14.7. The lowest BCUT2D eigenvalue weighted by molar-refractivity contribution is -0.135. The summed E-state index contributed by atoms with van der Waals surface area (Å²) in [5, 5.41) is 3.35. The minimum atomic E-state index is 0.0483. The van der Waals surface area contributed by atoms with Gasteiger partial charge in [-0.3, -0.25) is 14.6 Å². The van der Waals surface area contributed by atoms with Gasteiger partial charge in [-0.2, -0.15) is 0 Å². The fourth-order valence-corrected chi connectivity index (χ4v) is 4.01. The molecular formula is C16H30N4O. The summed E-state index contributed by atoms with van der Waals surface area (Å²) >= 11 is 0. The molecule has 0 saturated carbocycles. The Kier molecular flexibility index (Phi) is 5.14. The molecule has 2 unspecified atom stereocenters. The third kappa shape index (κ3) is 3.58. The van der Waals surface area contributed by atoms with Crippen LogP contribution in [0, 0.1) is 0 Å². The Morgan fingerprint density at radius 3 is 2.48 bits per heavy atom. The van der Waals surface area contributed by atoms with E-state index in [9.17, 15) is 4.79 Å². The van der Waals surface area contributed by atoms with Crippen LogP contribution in [0.15, 0.2) is 0 Å². The van der Waals surface area contributed by atoms with Crippen LogP contribution in [0.4, 0.5) is 0 Å². The highest BCUT2D eigenvalue weighted by Crippen LogP contribution is 2.21. The molecule has 0 aromatic heterocycles. The van der Waals surface area contributed by atoms with Crippen LogP contribution >= 0.6 is 0 Å². The minimum Gasteiger partial charge on any atom is -0.340 e. The molecule has 1 N–H and O–H groups in total. The summed E-state index contributed by atoms with van der Waals surface area (Å²) in [6, 6.07) is 0.664. The highest BCUT2D eigenvalue weighted by molar-refractivity contribution is 5.81. The molecule has 2 atom stereocenters. The monoisotopic (exact) mass is 294 g/mol. The van der Waals surface area contributed by atoms with Crippen LogP contribution in [0.1, 0.15) is 32.6 Å². The average molecular weight is 294 g/mol. The molecule has 0 spiro atoms. The number of piperidine rings is 1. The van der Waals surface area contributed by atoms with Crippen molar-refractivity contribution in [3.63, 3.8) is 0 Å². The first-order valence-electron chi connectivity index (χ1n) is 8.73. The Labute approximate surface area is 128 Å². The first kappa shape index (κ1) is 15.3. The van der Waals surface area contributed by atoms with E-state index < -0.39 is 0 Å². The van der Waals surface area contributed by atoms with Crippen LogP contribution in [0.2, 0.25) is 0 Å². The number of hydrogen-bond acceptors (Lipinski definition) is 4. The molecule has 21 heavy (non-hydrogen) atoms. The second kappa shape index (κ2) is 7.07. The molecule has 3 saturated heterocycles. The summed E-state index contributed by atoms with van der Waals surface area (Å²) in [5.74, 6) is 0.344. The first-order chi connectivity index (χ1) is 10.3. The Hall–Kier alpha value is -0.650. The number of nitrogens with zero attached hydrogens (tertiary/aromatic N) is 3. The Bertz CT molecular complexity index is 350. The third-order valence-corrected chi connectivity index (χ3v) is 5.44. The van der Waals surface area contributed by atoms with E-state index in [0.29, 0.717) is 11.9 Å². The molecule has 5 heteroatoms. The smallest absolute Gasteiger partial charge is 0.239 e. The van der Waals surface area contributed by atoms with Gasteiger partial charge >= 0.3 is 0 Å². The summed E-state index contributed by atoms with van der Waals surface area (Å²) in [6.07, 6.45) is 5.22. The fourth-order valence-electron chi connectivity index (χ4n) is 4.01. The van der Waals surface area contributed by atoms with E-state index in [-0.39, 0.29) is 6.04 Å². The maximum Gasteiger partial charge on any atom is 0.239 e. The lowest BCUT2D eigenvalue weighted by Gasteiger charge is -2.35. The van der Waals surface area contributed by atoms with Crippen LogP contribution in [0.3, 0.4) is 0 Å². The average Bonchev–Trinajstić information content (AvgIpc) is 3.05. The minimum absolute atomic E-state index is 0.0483. The van der Waals surface area contributed by atoms with Gasteiger partial charge in [0.2, 0.25) is 5.91 Å². The highest BCUT2D eigenvalue weighted by atomic mass is 16.2. The molecule has 5 nitrogen and oxygen atoms in total.